The molecule has 0 unspecified atom stereocenters. The van der Waals surface area contributed by atoms with Gasteiger partial charge in [0.25, 0.3) is 5.91 Å². The van der Waals surface area contributed by atoms with Crippen molar-refractivity contribution in [2.45, 2.75) is 51.0 Å². The van der Waals surface area contributed by atoms with Crippen LogP contribution in [-0.4, -0.2) is 62.8 Å². The van der Waals surface area contributed by atoms with Crippen LogP contribution in [0, 0.1) is 0 Å². The number of rotatable bonds is 4. The average Bonchev–Trinajstić information content (AvgIpc) is 3.25. The standard InChI is InChI=1S/C19H28N6O2/c1-23(2)12-16-20-21-18(24(16)3)13-7-6-10-25(11-13)19(26)17-14-8-4-5-9-15(14)27-22-17/h13H,4-12H2,1-3H3/t13-/m1/s1. The van der Waals surface area contributed by atoms with E-state index in [4.69, 9.17) is 4.52 Å². The highest BCUT2D eigenvalue weighted by atomic mass is 16.5. The van der Waals surface area contributed by atoms with E-state index in [1.165, 1.54) is 0 Å². The van der Waals surface area contributed by atoms with Gasteiger partial charge in [-0.05, 0) is 46.2 Å². The maximum Gasteiger partial charge on any atom is 0.276 e. The van der Waals surface area contributed by atoms with E-state index in [0.29, 0.717) is 12.2 Å². The molecule has 2 aliphatic rings. The zero-order chi connectivity index (χ0) is 19.0. The first kappa shape index (κ1) is 18.2. The maximum absolute atomic E-state index is 13.1. The second kappa shape index (κ2) is 7.42. The van der Waals surface area contributed by atoms with Gasteiger partial charge in [0.05, 0.1) is 6.54 Å². The first-order valence-electron chi connectivity index (χ1n) is 9.84. The van der Waals surface area contributed by atoms with Gasteiger partial charge in [0, 0.05) is 38.0 Å². The molecule has 4 rings (SSSR count). The third-order valence-corrected chi connectivity index (χ3v) is 5.68. The van der Waals surface area contributed by atoms with Gasteiger partial charge in [0.2, 0.25) is 0 Å². The van der Waals surface area contributed by atoms with Gasteiger partial charge < -0.3 is 18.9 Å². The summed E-state index contributed by atoms with van der Waals surface area (Å²) in [5, 5.41) is 12.9. The van der Waals surface area contributed by atoms with Crippen LogP contribution in [0.1, 0.15) is 65.1 Å². The molecule has 1 amide bonds. The Morgan fingerprint density at radius 3 is 2.85 bits per heavy atom. The van der Waals surface area contributed by atoms with Crippen LogP contribution in [0.5, 0.6) is 0 Å². The molecule has 1 fully saturated rings. The minimum atomic E-state index is 0.00211. The van der Waals surface area contributed by atoms with Gasteiger partial charge in [0.1, 0.15) is 17.4 Å². The molecule has 8 nitrogen and oxygen atoms in total. The summed E-state index contributed by atoms with van der Waals surface area (Å²) in [4.78, 5) is 17.1. The lowest BCUT2D eigenvalue weighted by atomic mass is 9.94. The molecule has 0 saturated carbocycles. The molecule has 1 aliphatic carbocycles. The summed E-state index contributed by atoms with van der Waals surface area (Å²) < 4.78 is 7.52. The van der Waals surface area contributed by atoms with Gasteiger partial charge in [0.15, 0.2) is 5.69 Å². The zero-order valence-corrected chi connectivity index (χ0v) is 16.4. The number of hydrogen-bond acceptors (Lipinski definition) is 6. The number of likely N-dealkylation sites (tertiary alicyclic amines) is 1. The van der Waals surface area contributed by atoms with E-state index in [2.05, 4.69) is 24.8 Å². The first-order chi connectivity index (χ1) is 13.0. The summed E-state index contributed by atoms with van der Waals surface area (Å²) in [7, 11) is 6.06. The number of aryl methyl sites for hydroxylation is 1. The minimum Gasteiger partial charge on any atom is -0.360 e. The minimum absolute atomic E-state index is 0.00211. The van der Waals surface area contributed by atoms with E-state index in [1.807, 2.05) is 26.0 Å². The van der Waals surface area contributed by atoms with Gasteiger partial charge in [-0.15, -0.1) is 10.2 Å². The molecule has 0 N–H and O–H groups in total. The number of carbonyl (C=O) groups is 1. The van der Waals surface area contributed by atoms with Crippen molar-refractivity contribution in [2.75, 3.05) is 27.2 Å². The molecule has 3 heterocycles. The highest BCUT2D eigenvalue weighted by Crippen LogP contribution is 2.29. The van der Waals surface area contributed by atoms with E-state index >= 15 is 0 Å². The smallest absolute Gasteiger partial charge is 0.276 e. The molecule has 8 heteroatoms. The lowest BCUT2D eigenvalue weighted by Crippen LogP contribution is -2.40. The quantitative estimate of drug-likeness (QED) is 0.814. The third kappa shape index (κ3) is 3.50. The lowest BCUT2D eigenvalue weighted by Gasteiger charge is -2.32. The molecule has 0 radical (unpaired) electrons. The van der Waals surface area contributed by atoms with E-state index in [9.17, 15) is 4.79 Å². The Bertz CT molecular complexity index is 824. The van der Waals surface area contributed by atoms with Gasteiger partial charge in [-0.25, -0.2) is 0 Å². The molecule has 27 heavy (non-hydrogen) atoms. The molecule has 2 aromatic rings. The topological polar surface area (TPSA) is 80.3 Å². The molecule has 0 bridgehead atoms. The van der Waals surface area contributed by atoms with Crippen LogP contribution in [0.15, 0.2) is 4.52 Å². The fourth-order valence-corrected chi connectivity index (χ4v) is 4.23. The summed E-state index contributed by atoms with van der Waals surface area (Å²) in [5.41, 5.74) is 1.55. The summed E-state index contributed by atoms with van der Waals surface area (Å²) >= 11 is 0. The van der Waals surface area contributed by atoms with Crippen molar-refractivity contribution < 1.29 is 9.32 Å². The molecule has 1 saturated heterocycles. The van der Waals surface area contributed by atoms with Gasteiger partial charge in [-0.1, -0.05) is 5.16 Å². The predicted octanol–water partition coefficient (Wildman–Crippen LogP) is 1.76. The summed E-state index contributed by atoms with van der Waals surface area (Å²) in [6.45, 7) is 2.18. The van der Waals surface area contributed by atoms with Crippen molar-refractivity contribution >= 4 is 5.91 Å². The summed E-state index contributed by atoms with van der Waals surface area (Å²) in [6.07, 6.45) is 5.99. The average molecular weight is 372 g/mol. The highest BCUT2D eigenvalue weighted by Gasteiger charge is 2.32. The van der Waals surface area contributed by atoms with Gasteiger partial charge in [-0.3, -0.25) is 4.79 Å². The Hall–Kier alpha value is -2.22. The fraction of sp³-hybridized carbons (Fsp3) is 0.684. The van der Waals surface area contributed by atoms with Crippen LogP contribution in [0.3, 0.4) is 0 Å². The van der Waals surface area contributed by atoms with Crippen molar-refractivity contribution in [2.24, 2.45) is 7.05 Å². The number of piperidine rings is 1. The lowest BCUT2D eigenvalue weighted by molar-refractivity contribution is 0.0692. The normalized spacial score (nSPS) is 20.1. The molecular formula is C19H28N6O2. The molecule has 1 atom stereocenters. The molecule has 2 aromatic heterocycles. The number of fused-ring (bicyclic) bond motifs is 1. The Labute approximate surface area is 159 Å². The number of carbonyl (C=O) groups excluding carboxylic acids is 1. The van der Waals surface area contributed by atoms with E-state index in [0.717, 1.165) is 74.6 Å². The van der Waals surface area contributed by atoms with Crippen molar-refractivity contribution in [3.8, 4) is 0 Å². The Morgan fingerprint density at radius 2 is 2.04 bits per heavy atom. The number of amides is 1. The van der Waals surface area contributed by atoms with Crippen LogP contribution in [-0.2, 0) is 26.4 Å². The second-order valence-corrected chi connectivity index (χ2v) is 8.00. The Morgan fingerprint density at radius 1 is 1.22 bits per heavy atom. The van der Waals surface area contributed by atoms with Crippen LogP contribution in [0.2, 0.25) is 0 Å². The Kier molecular flexibility index (Phi) is 4.99. The monoisotopic (exact) mass is 372 g/mol. The van der Waals surface area contributed by atoms with E-state index in [1.54, 1.807) is 0 Å². The highest BCUT2D eigenvalue weighted by molar-refractivity contribution is 5.94. The molecule has 1 aliphatic heterocycles. The number of aromatic nitrogens is 4. The summed E-state index contributed by atoms with van der Waals surface area (Å²) in [6, 6.07) is 0. The van der Waals surface area contributed by atoms with Crippen LogP contribution >= 0.6 is 0 Å². The second-order valence-electron chi connectivity index (χ2n) is 8.00. The fourth-order valence-electron chi connectivity index (χ4n) is 4.23. The van der Waals surface area contributed by atoms with Crippen molar-refractivity contribution in [1.82, 2.24) is 29.7 Å². The van der Waals surface area contributed by atoms with E-state index in [-0.39, 0.29) is 11.8 Å². The van der Waals surface area contributed by atoms with Crippen molar-refractivity contribution in [3.63, 3.8) is 0 Å². The zero-order valence-electron chi connectivity index (χ0n) is 16.4. The molecule has 146 valence electrons. The molecular weight excluding hydrogens is 344 g/mol. The Balaban J connectivity index is 1.51. The largest absolute Gasteiger partial charge is 0.360 e. The van der Waals surface area contributed by atoms with Crippen LogP contribution in [0.4, 0.5) is 0 Å². The van der Waals surface area contributed by atoms with E-state index < -0.39 is 0 Å². The SMILES string of the molecule is CN(C)Cc1nnc([C@@H]2CCCN(C(=O)c3noc4c3CCCC4)C2)n1C. The summed E-state index contributed by atoms with van der Waals surface area (Å²) in [5.74, 6) is 3.02. The van der Waals surface area contributed by atoms with Gasteiger partial charge >= 0.3 is 0 Å². The number of nitrogens with zero attached hydrogens (tertiary/aromatic N) is 6. The first-order valence-corrected chi connectivity index (χ1v) is 9.84. The van der Waals surface area contributed by atoms with Crippen LogP contribution < -0.4 is 0 Å². The van der Waals surface area contributed by atoms with Crippen molar-refractivity contribution in [3.05, 3.63) is 28.7 Å². The van der Waals surface area contributed by atoms with Crippen molar-refractivity contribution in [1.29, 1.82) is 0 Å². The maximum atomic E-state index is 13.1. The molecule has 0 spiro atoms. The predicted molar refractivity (Wildman–Crippen MR) is 99.4 cm³/mol. The number of hydrogen-bond donors (Lipinski definition) is 0. The molecule has 0 aromatic carbocycles. The van der Waals surface area contributed by atoms with Gasteiger partial charge in [-0.2, -0.15) is 0 Å². The van der Waals surface area contributed by atoms with Crippen LogP contribution in [0.25, 0.3) is 0 Å². The third-order valence-electron chi connectivity index (χ3n) is 5.68.